The molecule has 0 rings (SSSR count). The van der Waals surface area contributed by atoms with Crippen LogP contribution in [0.15, 0.2) is 0 Å². The Hall–Kier alpha value is -2.73. The zero-order valence-electron chi connectivity index (χ0n) is 16.9. The summed E-state index contributed by atoms with van der Waals surface area (Å²) in [7, 11) is 5.71. The molecule has 0 aliphatic heterocycles. The van der Waals surface area contributed by atoms with Gasteiger partial charge in [-0.2, -0.15) is 0 Å². The normalized spacial score (nSPS) is 14.2. The first-order valence-corrected chi connectivity index (χ1v) is 8.70. The van der Waals surface area contributed by atoms with Crippen molar-refractivity contribution < 1.29 is 58.0 Å². The second-order valence-electron chi connectivity index (χ2n) is 7.31. The lowest BCUT2D eigenvalue weighted by atomic mass is 9.96. The monoisotopic (exact) mass is 422 g/mol. The number of likely N-dealkylation sites (N-methyl/N-ethyl adjacent to an activating group) is 1. The van der Waals surface area contributed by atoms with Gasteiger partial charge in [0.1, 0.15) is 13.2 Å². The van der Waals surface area contributed by atoms with Crippen molar-refractivity contribution in [2.75, 3.05) is 40.9 Å². The molecule has 0 heterocycles. The van der Waals surface area contributed by atoms with Crippen molar-refractivity contribution >= 4 is 29.8 Å². The zero-order valence-corrected chi connectivity index (χ0v) is 16.9. The molecule has 12 heteroatoms. The summed E-state index contributed by atoms with van der Waals surface area (Å²) in [5.74, 6) is -6.75. The fourth-order valence-corrected chi connectivity index (χ4v) is 1.90. The van der Waals surface area contributed by atoms with Gasteiger partial charge in [0.25, 0.3) is 0 Å². The summed E-state index contributed by atoms with van der Waals surface area (Å²) in [6.45, 7) is 1.27. The smallest absolute Gasteiger partial charge is 0.347 e. The van der Waals surface area contributed by atoms with E-state index in [1.807, 2.05) is 21.1 Å². The van der Waals surface area contributed by atoms with E-state index in [1.165, 1.54) is 0 Å². The molecule has 0 radical (unpaired) electrons. The number of aliphatic hydroxyl groups is 1. The van der Waals surface area contributed by atoms with Crippen molar-refractivity contribution in [2.45, 2.75) is 37.9 Å². The number of hydrogen-bond acceptors (Lipinski definition) is 9. The largest absolute Gasteiger partial charge is 0.481 e. The predicted octanol–water partition coefficient (Wildman–Crippen LogP) is -1.22. The Bertz CT molecular complexity index is 625. The Morgan fingerprint density at radius 3 is 2.00 bits per heavy atom. The number of carbonyl (C=O) groups is 5. The number of carboxylic acid groups (broad SMARTS) is 2. The summed E-state index contributed by atoms with van der Waals surface area (Å²) in [5, 5.41) is 27.2. The van der Waals surface area contributed by atoms with E-state index in [4.69, 9.17) is 19.7 Å². The third kappa shape index (κ3) is 11.0. The summed E-state index contributed by atoms with van der Waals surface area (Å²) in [4.78, 5) is 56.9. The van der Waals surface area contributed by atoms with Crippen LogP contribution in [0.2, 0.25) is 0 Å². The molecule has 0 aromatic heterocycles. The molecular weight excluding hydrogens is 394 g/mol. The van der Waals surface area contributed by atoms with Crippen LogP contribution in [0.3, 0.4) is 0 Å². The van der Waals surface area contributed by atoms with E-state index in [0.29, 0.717) is 11.0 Å². The first kappa shape index (κ1) is 26.3. The number of hydrogen-bond donors (Lipinski definition) is 3. The lowest BCUT2D eigenvalue weighted by Gasteiger charge is -2.24. The van der Waals surface area contributed by atoms with Gasteiger partial charge < -0.3 is 34.0 Å². The molecule has 3 N–H and O–H groups in total. The number of carboxylic acids is 2. The maximum absolute atomic E-state index is 11.9. The zero-order chi connectivity index (χ0) is 22.8. The molecule has 0 saturated carbocycles. The van der Waals surface area contributed by atoms with Gasteiger partial charge in [-0.3, -0.25) is 9.59 Å². The van der Waals surface area contributed by atoms with Crippen LogP contribution in [-0.4, -0.2) is 102 Å². The van der Waals surface area contributed by atoms with E-state index in [-0.39, 0.29) is 13.0 Å². The Labute approximate surface area is 167 Å². The molecule has 2 unspecified atom stereocenters. The number of ether oxygens (including phenoxy) is 3. The van der Waals surface area contributed by atoms with Crippen molar-refractivity contribution in [3.05, 3.63) is 0 Å². The number of quaternary nitrogens is 1. The predicted molar refractivity (Wildman–Crippen MR) is 94.4 cm³/mol. The summed E-state index contributed by atoms with van der Waals surface area (Å²) in [6, 6.07) is 0. The highest BCUT2D eigenvalue weighted by Crippen LogP contribution is 2.17. The van der Waals surface area contributed by atoms with E-state index in [1.54, 1.807) is 6.92 Å². The van der Waals surface area contributed by atoms with Crippen LogP contribution >= 0.6 is 0 Å². The highest BCUT2D eigenvalue weighted by atomic mass is 16.6. The molecular formula is C17H28NO11+. The van der Waals surface area contributed by atoms with E-state index < -0.39 is 61.0 Å². The highest BCUT2D eigenvalue weighted by Gasteiger charge is 2.41. The molecule has 0 aliphatic rings. The Morgan fingerprint density at radius 2 is 1.55 bits per heavy atom. The molecule has 29 heavy (non-hydrogen) atoms. The van der Waals surface area contributed by atoms with Crippen LogP contribution in [0.1, 0.15) is 26.2 Å². The molecule has 2 atom stereocenters. The quantitative estimate of drug-likeness (QED) is 0.184. The van der Waals surface area contributed by atoms with E-state index >= 15 is 0 Å². The van der Waals surface area contributed by atoms with Crippen molar-refractivity contribution in [3.8, 4) is 0 Å². The maximum Gasteiger partial charge on any atom is 0.347 e. The van der Waals surface area contributed by atoms with Gasteiger partial charge in [0, 0.05) is 0 Å². The van der Waals surface area contributed by atoms with Gasteiger partial charge in [-0.15, -0.1) is 0 Å². The van der Waals surface area contributed by atoms with Gasteiger partial charge in [-0.05, 0) is 6.42 Å². The van der Waals surface area contributed by atoms with Crippen LogP contribution < -0.4 is 0 Å². The molecule has 0 fully saturated rings. The molecule has 0 saturated heterocycles. The highest BCUT2D eigenvalue weighted by molar-refractivity contribution is 5.89. The minimum Gasteiger partial charge on any atom is -0.481 e. The number of carbonyl (C=O) groups excluding carboxylic acids is 3. The third-order valence-corrected chi connectivity index (χ3v) is 3.54. The molecule has 0 spiro atoms. The van der Waals surface area contributed by atoms with Gasteiger partial charge in [0.05, 0.1) is 34.0 Å². The van der Waals surface area contributed by atoms with Crippen LogP contribution in [0, 0.1) is 0 Å². The van der Waals surface area contributed by atoms with Crippen LogP contribution in [0.5, 0.6) is 0 Å². The fourth-order valence-electron chi connectivity index (χ4n) is 1.90. The second kappa shape index (κ2) is 11.3. The number of esters is 3. The van der Waals surface area contributed by atoms with Crippen LogP contribution in [-0.2, 0) is 38.2 Å². The van der Waals surface area contributed by atoms with E-state index in [0.717, 1.165) is 0 Å². The molecule has 0 aromatic rings. The summed E-state index contributed by atoms with van der Waals surface area (Å²) in [5.41, 5.74) is -2.88. The van der Waals surface area contributed by atoms with Crippen molar-refractivity contribution in [3.63, 3.8) is 0 Å². The average molecular weight is 422 g/mol. The Morgan fingerprint density at radius 1 is 0.966 bits per heavy atom. The SMILES string of the molecule is CCC(OC(=O)COC(=O)CC(O)(CC(=O)O)C(=O)O)C(=O)OCC[N+](C)(C)C. The first-order chi connectivity index (χ1) is 13.2. The minimum absolute atomic E-state index is 0.111. The molecule has 0 aromatic carbocycles. The average Bonchev–Trinajstić information content (AvgIpc) is 2.55. The molecule has 0 aliphatic carbocycles. The van der Waals surface area contributed by atoms with Crippen LogP contribution in [0.4, 0.5) is 0 Å². The lowest BCUT2D eigenvalue weighted by molar-refractivity contribution is -0.870. The summed E-state index contributed by atoms with van der Waals surface area (Å²) < 4.78 is 15.0. The maximum atomic E-state index is 11.9. The summed E-state index contributed by atoms with van der Waals surface area (Å²) in [6.07, 6.45) is -3.53. The van der Waals surface area contributed by atoms with Gasteiger partial charge in [0.15, 0.2) is 18.3 Å². The number of rotatable bonds is 13. The van der Waals surface area contributed by atoms with Crippen molar-refractivity contribution in [1.82, 2.24) is 0 Å². The standard InChI is InChI=1S/C17H27NO11/c1-5-11(15(23)27-7-6-18(2,3)4)29-14(22)10-28-13(21)9-17(26,16(24)25)8-12(19)20/h11,26H,5-10H2,1-4H3,(H-,19,20,24,25)/p+1. The topological polar surface area (TPSA) is 174 Å². The molecule has 0 amide bonds. The fraction of sp³-hybridized carbons (Fsp3) is 0.706. The van der Waals surface area contributed by atoms with Crippen molar-refractivity contribution in [2.24, 2.45) is 0 Å². The Balaban J connectivity index is 4.57. The van der Waals surface area contributed by atoms with E-state index in [9.17, 15) is 29.1 Å². The van der Waals surface area contributed by atoms with E-state index in [2.05, 4.69) is 4.74 Å². The van der Waals surface area contributed by atoms with Gasteiger partial charge in [0.2, 0.25) is 0 Å². The van der Waals surface area contributed by atoms with Gasteiger partial charge in [-0.25, -0.2) is 14.4 Å². The van der Waals surface area contributed by atoms with Crippen LogP contribution in [0.25, 0.3) is 0 Å². The van der Waals surface area contributed by atoms with Gasteiger partial charge in [-0.1, -0.05) is 6.92 Å². The number of aliphatic carboxylic acids is 2. The van der Waals surface area contributed by atoms with Gasteiger partial charge >= 0.3 is 29.8 Å². The third-order valence-electron chi connectivity index (χ3n) is 3.54. The summed E-state index contributed by atoms with van der Waals surface area (Å²) >= 11 is 0. The first-order valence-electron chi connectivity index (χ1n) is 8.70. The minimum atomic E-state index is -2.88. The second-order valence-corrected chi connectivity index (χ2v) is 7.31. The lowest BCUT2D eigenvalue weighted by Crippen LogP contribution is -2.43. The molecule has 166 valence electrons. The Kier molecular flexibility index (Phi) is 10.2. The molecule has 0 bridgehead atoms. The molecule has 12 nitrogen and oxygen atoms in total. The van der Waals surface area contributed by atoms with Crippen molar-refractivity contribution in [1.29, 1.82) is 0 Å². The number of nitrogens with zero attached hydrogens (tertiary/aromatic N) is 1.